The number of fused-ring (bicyclic) bond motifs is 1. The maximum atomic E-state index is 12.4. The van der Waals surface area contributed by atoms with Crippen molar-refractivity contribution in [1.29, 1.82) is 0 Å². The minimum atomic E-state index is -0.270. The Labute approximate surface area is 239 Å². The molecule has 0 spiro atoms. The molecule has 0 radical (unpaired) electrons. The molecular weight excluding hydrogens is 526 g/mol. The molecule has 0 unspecified atom stereocenters. The first-order valence-corrected chi connectivity index (χ1v) is 14.6. The van der Waals surface area contributed by atoms with Crippen LogP contribution in [0.1, 0.15) is 44.2 Å². The highest BCUT2D eigenvalue weighted by Gasteiger charge is 2.29. The third-order valence-electron chi connectivity index (χ3n) is 8.25. The van der Waals surface area contributed by atoms with Crippen LogP contribution in [0.4, 0.5) is 16.6 Å². The predicted octanol–water partition coefficient (Wildman–Crippen LogP) is 2.91. The quantitative estimate of drug-likeness (QED) is 0.421. The van der Waals surface area contributed by atoms with Crippen molar-refractivity contribution in [2.24, 2.45) is 0 Å². The van der Waals surface area contributed by atoms with Gasteiger partial charge in [-0.3, -0.25) is 0 Å². The first kappa shape index (κ1) is 27.7. The van der Waals surface area contributed by atoms with E-state index in [-0.39, 0.29) is 24.3 Å². The third kappa shape index (κ3) is 6.09. The van der Waals surface area contributed by atoms with Crippen molar-refractivity contribution in [3.05, 3.63) is 36.3 Å². The average Bonchev–Trinajstić information content (AvgIpc) is 3.34. The Balaban J connectivity index is 1.24. The van der Waals surface area contributed by atoms with Gasteiger partial charge < -0.3 is 34.4 Å². The second kappa shape index (κ2) is 12.2. The maximum Gasteiger partial charge on any atom is 0.410 e. The Morgan fingerprint density at radius 3 is 2.63 bits per heavy atom. The van der Waals surface area contributed by atoms with E-state index >= 15 is 0 Å². The molecule has 41 heavy (non-hydrogen) atoms. The Kier molecular flexibility index (Phi) is 8.22. The smallest absolute Gasteiger partial charge is 0.410 e. The van der Waals surface area contributed by atoms with Gasteiger partial charge in [0.1, 0.15) is 5.82 Å². The normalized spacial score (nSPS) is 22.4. The van der Waals surface area contributed by atoms with Crippen molar-refractivity contribution >= 4 is 23.4 Å². The molecule has 1 amide bonds. The predicted molar refractivity (Wildman–Crippen MR) is 153 cm³/mol. The molecule has 3 aromatic rings. The van der Waals surface area contributed by atoms with Gasteiger partial charge in [-0.2, -0.15) is 0 Å². The van der Waals surface area contributed by atoms with Crippen LogP contribution in [0.3, 0.4) is 0 Å². The fraction of sp³-hybridized carbons (Fsp3) is 0.586. The minimum absolute atomic E-state index is 0.0677. The molecule has 0 bridgehead atoms. The zero-order chi connectivity index (χ0) is 28.3. The van der Waals surface area contributed by atoms with E-state index in [4.69, 9.17) is 19.3 Å². The number of anilines is 2. The standard InChI is InChI=1S/C29H39N7O5/c1-19(16-39-2)32-28-31-15-26-24(14-25(36(26)33-28)20-3-5-22(37)6-4-20)21-7-8-30-27(13-21)34-9-11-35(12-10-34)29(38)41-23-17-40-18-23/h7-8,13-15,19-20,22-23,37H,3-6,9-12,16-18H2,1-2H3,(H,32,33)/t19-,20-,22-/m0/s1. The van der Waals surface area contributed by atoms with Gasteiger partial charge in [-0.15, -0.1) is 5.10 Å². The lowest BCUT2D eigenvalue weighted by Crippen LogP contribution is -2.51. The number of aliphatic hydroxyl groups is 1. The Hall–Kier alpha value is -3.48. The average molecular weight is 566 g/mol. The summed E-state index contributed by atoms with van der Waals surface area (Å²) in [5.41, 5.74) is 4.16. The minimum Gasteiger partial charge on any atom is -0.441 e. The summed E-state index contributed by atoms with van der Waals surface area (Å²) < 4.78 is 17.9. The number of aromatic nitrogens is 4. The van der Waals surface area contributed by atoms with E-state index < -0.39 is 0 Å². The molecule has 12 nitrogen and oxygen atoms in total. The second-order valence-electron chi connectivity index (χ2n) is 11.3. The lowest BCUT2D eigenvalue weighted by atomic mass is 9.85. The number of nitrogens with zero attached hydrogens (tertiary/aromatic N) is 6. The summed E-state index contributed by atoms with van der Waals surface area (Å²) in [5, 5.41) is 18.4. The number of piperazine rings is 1. The highest BCUT2D eigenvalue weighted by atomic mass is 16.6. The number of nitrogens with one attached hydrogen (secondary N) is 1. The highest BCUT2D eigenvalue weighted by Crippen LogP contribution is 2.38. The summed E-state index contributed by atoms with van der Waals surface area (Å²) in [6.07, 6.45) is 6.52. The van der Waals surface area contributed by atoms with Crippen molar-refractivity contribution in [3.63, 3.8) is 0 Å². The molecule has 1 aliphatic carbocycles. The number of aliphatic hydroxyl groups excluding tert-OH is 1. The van der Waals surface area contributed by atoms with Crippen molar-refractivity contribution in [2.45, 2.75) is 56.8 Å². The number of rotatable bonds is 8. The fourth-order valence-corrected chi connectivity index (χ4v) is 5.86. The molecule has 3 aromatic heterocycles. The first-order chi connectivity index (χ1) is 20.0. The van der Waals surface area contributed by atoms with Crippen LogP contribution in [0, 0.1) is 0 Å². The van der Waals surface area contributed by atoms with Gasteiger partial charge in [0.15, 0.2) is 6.10 Å². The van der Waals surface area contributed by atoms with Crippen LogP contribution in [-0.2, 0) is 14.2 Å². The second-order valence-corrected chi connectivity index (χ2v) is 11.3. The number of hydrogen-bond donors (Lipinski definition) is 2. The molecule has 2 saturated heterocycles. The monoisotopic (exact) mass is 565 g/mol. The van der Waals surface area contributed by atoms with Gasteiger partial charge in [0.2, 0.25) is 5.95 Å². The van der Waals surface area contributed by atoms with Gasteiger partial charge in [0, 0.05) is 62.7 Å². The largest absolute Gasteiger partial charge is 0.441 e. The summed E-state index contributed by atoms with van der Waals surface area (Å²) in [6.45, 7) is 6.07. The molecule has 3 fully saturated rings. The van der Waals surface area contributed by atoms with Crippen molar-refractivity contribution in [1.82, 2.24) is 24.5 Å². The number of carbonyl (C=O) groups is 1. The molecule has 1 atom stereocenters. The lowest BCUT2D eigenvalue weighted by Gasteiger charge is -2.36. The molecule has 1 saturated carbocycles. The van der Waals surface area contributed by atoms with Gasteiger partial charge >= 0.3 is 6.09 Å². The zero-order valence-corrected chi connectivity index (χ0v) is 23.7. The maximum absolute atomic E-state index is 12.4. The molecular formula is C29H39N7O5. The number of ether oxygens (including phenoxy) is 3. The number of methoxy groups -OCH3 is 1. The van der Waals surface area contributed by atoms with E-state index in [0.29, 0.717) is 57.9 Å². The number of carbonyl (C=O) groups excluding carboxylic acids is 1. The van der Waals surface area contributed by atoms with E-state index in [1.54, 1.807) is 12.0 Å². The van der Waals surface area contributed by atoms with Gasteiger partial charge in [0.25, 0.3) is 0 Å². The van der Waals surface area contributed by atoms with Crippen LogP contribution in [0.5, 0.6) is 0 Å². The first-order valence-electron chi connectivity index (χ1n) is 14.6. The van der Waals surface area contributed by atoms with Gasteiger partial charge in [-0.1, -0.05) is 0 Å². The van der Waals surface area contributed by atoms with E-state index in [1.165, 1.54) is 0 Å². The van der Waals surface area contributed by atoms with Crippen LogP contribution in [0.25, 0.3) is 16.6 Å². The van der Waals surface area contributed by atoms with Gasteiger partial charge in [0.05, 0.1) is 37.6 Å². The molecule has 2 N–H and O–H groups in total. The molecule has 12 heteroatoms. The van der Waals surface area contributed by atoms with Crippen molar-refractivity contribution in [3.8, 4) is 11.1 Å². The van der Waals surface area contributed by atoms with Crippen LogP contribution >= 0.6 is 0 Å². The molecule has 6 rings (SSSR count). The number of amides is 1. The Bertz CT molecular complexity index is 1350. The number of pyridine rings is 1. The molecule has 3 aliphatic rings. The Morgan fingerprint density at radius 2 is 1.93 bits per heavy atom. The zero-order valence-electron chi connectivity index (χ0n) is 23.7. The topological polar surface area (TPSA) is 127 Å². The van der Waals surface area contributed by atoms with Crippen molar-refractivity contribution in [2.75, 3.05) is 63.3 Å². The summed E-state index contributed by atoms with van der Waals surface area (Å²) in [6, 6.07) is 6.43. The van der Waals surface area contributed by atoms with Crippen LogP contribution in [0.2, 0.25) is 0 Å². The highest BCUT2D eigenvalue weighted by molar-refractivity contribution is 5.82. The van der Waals surface area contributed by atoms with Crippen molar-refractivity contribution < 1.29 is 24.1 Å². The lowest BCUT2D eigenvalue weighted by molar-refractivity contribution is -0.104. The SMILES string of the molecule is COC[C@H](C)Nc1ncc2c(-c3ccnc(N4CCN(C(=O)OC5COC5)CC4)c3)cc([C@H]3CC[C@H](O)CC3)n2n1. The third-order valence-corrected chi connectivity index (χ3v) is 8.25. The molecule has 5 heterocycles. The van der Waals surface area contributed by atoms with Crippen LogP contribution < -0.4 is 10.2 Å². The van der Waals surface area contributed by atoms with E-state index in [9.17, 15) is 9.90 Å². The van der Waals surface area contributed by atoms with E-state index in [1.807, 2.05) is 29.9 Å². The fourth-order valence-electron chi connectivity index (χ4n) is 5.86. The summed E-state index contributed by atoms with van der Waals surface area (Å²) in [5.74, 6) is 1.73. The molecule has 2 aliphatic heterocycles. The Morgan fingerprint density at radius 1 is 1.15 bits per heavy atom. The molecule has 220 valence electrons. The summed E-state index contributed by atoms with van der Waals surface area (Å²) >= 11 is 0. The van der Waals surface area contributed by atoms with Crippen LogP contribution in [-0.4, -0.2) is 107 Å². The summed E-state index contributed by atoms with van der Waals surface area (Å²) in [7, 11) is 1.68. The van der Waals surface area contributed by atoms with Gasteiger partial charge in [-0.25, -0.2) is 19.3 Å². The van der Waals surface area contributed by atoms with E-state index in [2.05, 4.69) is 32.3 Å². The van der Waals surface area contributed by atoms with Gasteiger partial charge in [-0.05, 0) is 56.4 Å². The summed E-state index contributed by atoms with van der Waals surface area (Å²) in [4.78, 5) is 25.7. The number of hydrogen-bond acceptors (Lipinski definition) is 10. The van der Waals surface area contributed by atoms with Crippen LogP contribution in [0.15, 0.2) is 30.6 Å². The molecule has 0 aromatic carbocycles. The van der Waals surface area contributed by atoms with E-state index in [0.717, 1.165) is 53.8 Å².